The second-order valence-corrected chi connectivity index (χ2v) is 7.70. The Balaban J connectivity index is 1.43. The van der Waals surface area contributed by atoms with E-state index >= 15 is 0 Å². The zero-order valence-electron chi connectivity index (χ0n) is 15.0. The monoisotopic (exact) mass is 386 g/mol. The fourth-order valence-electron chi connectivity index (χ4n) is 3.61. The predicted molar refractivity (Wildman–Crippen MR) is 113 cm³/mol. The average molecular weight is 386 g/mol. The van der Waals surface area contributed by atoms with E-state index in [4.69, 9.17) is 4.42 Å². The van der Waals surface area contributed by atoms with Gasteiger partial charge in [0.2, 0.25) is 0 Å². The molecule has 0 unspecified atom stereocenters. The molecule has 0 aliphatic heterocycles. The number of amides is 1. The van der Waals surface area contributed by atoms with Crippen molar-refractivity contribution in [2.45, 2.75) is 5.92 Å². The third-order valence-electron chi connectivity index (χ3n) is 5.00. The van der Waals surface area contributed by atoms with Crippen LogP contribution in [0.5, 0.6) is 0 Å². The number of aromatic nitrogens is 1. The summed E-state index contributed by atoms with van der Waals surface area (Å²) in [6, 6.07) is 21.8. The first-order valence-electron chi connectivity index (χ1n) is 9.16. The van der Waals surface area contributed by atoms with Gasteiger partial charge in [0.05, 0.1) is 0 Å². The summed E-state index contributed by atoms with van der Waals surface area (Å²) < 4.78 is 5.70. The molecule has 5 aromatic rings. The lowest BCUT2D eigenvalue weighted by Gasteiger charge is -2.16. The normalized spacial score (nSPS) is 12.4. The Kier molecular flexibility index (Phi) is 4.22. The topological polar surface area (TPSA) is 58.0 Å². The highest BCUT2D eigenvalue weighted by molar-refractivity contribution is 7.10. The van der Waals surface area contributed by atoms with E-state index in [1.54, 1.807) is 17.4 Å². The number of rotatable bonds is 5. The fourth-order valence-corrected chi connectivity index (χ4v) is 4.46. The minimum Gasteiger partial charge on any atom is -0.451 e. The second-order valence-electron chi connectivity index (χ2n) is 6.72. The molecule has 0 radical (unpaired) electrons. The van der Waals surface area contributed by atoms with Gasteiger partial charge in [0.1, 0.15) is 5.58 Å². The van der Waals surface area contributed by atoms with Crippen molar-refractivity contribution >= 4 is 39.1 Å². The lowest BCUT2D eigenvalue weighted by molar-refractivity contribution is 0.0927. The maximum atomic E-state index is 12.7. The molecule has 138 valence electrons. The van der Waals surface area contributed by atoms with E-state index in [1.165, 1.54) is 15.8 Å². The van der Waals surface area contributed by atoms with E-state index in [-0.39, 0.29) is 11.8 Å². The Hall–Kier alpha value is -3.31. The average Bonchev–Trinajstić information content (AvgIpc) is 3.47. The molecule has 0 fully saturated rings. The van der Waals surface area contributed by atoms with Gasteiger partial charge in [0.15, 0.2) is 5.76 Å². The summed E-state index contributed by atoms with van der Waals surface area (Å²) in [5.74, 6) is 0.215. The molecule has 4 nitrogen and oxygen atoms in total. The van der Waals surface area contributed by atoms with Gasteiger partial charge in [-0.05, 0) is 35.2 Å². The lowest BCUT2D eigenvalue weighted by Crippen LogP contribution is -2.28. The zero-order valence-corrected chi connectivity index (χ0v) is 15.8. The SMILES string of the molecule is O=C(NC[C@H](c1cccs1)c1c[nH]c2ccccc12)c1cc2ccccc2o1. The molecule has 0 aliphatic rings. The summed E-state index contributed by atoms with van der Waals surface area (Å²) in [5, 5.41) is 7.24. The number of thiophene rings is 1. The molecule has 5 rings (SSSR count). The molecular formula is C23H18N2O2S. The zero-order chi connectivity index (χ0) is 18.9. The van der Waals surface area contributed by atoms with Crippen molar-refractivity contribution in [2.75, 3.05) is 6.54 Å². The van der Waals surface area contributed by atoms with Crippen LogP contribution >= 0.6 is 11.3 Å². The number of carbonyl (C=O) groups excluding carboxylic acids is 1. The van der Waals surface area contributed by atoms with Crippen LogP contribution in [0.4, 0.5) is 0 Å². The number of carbonyl (C=O) groups is 1. The number of fused-ring (bicyclic) bond motifs is 2. The van der Waals surface area contributed by atoms with Crippen molar-refractivity contribution < 1.29 is 9.21 Å². The summed E-state index contributed by atoms with van der Waals surface area (Å²) >= 11 is 1.70. The quantitative estimate of drug-likeness (QED) is 0.417. The number of hydrogen-bond acceptors (Lipinski definition) is 3. The van der Waals surface area contributed by atoms with Crippen molar-refractivity contribution in [1.82, 2.24) is 10.3 Å². The van der Waals surface area contributed by atoms with Gasteiger partial charge in [-0.1, -0.05) is 42.5 Å². The summed E-state index contributed by atoms with van der Waals surface area (Å²) in [7, 11) is 0. The smallest absolute Gasteiger partial charge is 0.287 e. The van der Waals surface area contributed by atoms with Crippen LogP contribution in [0, 0.1) is 0 Å². The van der Waals surface area contributed by atoms with Gasteiger partial charge in [-0.15, -0.1) is 11.3 Å². The Bertz CT molecular complexity index is 1220. The van der Waals surface area contributed by atoms with E-state index in [0.29, 0.717) is 12.3 Å². The predicted octanol–water partition coefficient (Wildman–Crippen LogP) is 5.54. The second kappa shape index (κ2) is 7.02. The number of para-hydroxylation sites is 2. The summed E-state index contributed by atoms with van der Waals surface area (Å²) in [5.41, 5.74) is 3.00. The maximum absolute atomic E-state index is 12.7. The molecule has 1 atom stereocenters. The third kappa shape index (κ3) is 3.00. The molecule has 2 N–H and O–H groups in total. The maximum Gasteiger partial charge on any atom is 0.287 e. The van der Waals surface area contributed by atoms with E-state index in [0.717, 1.165) is 16.5 Å². The summed E-state index contributed by atoms with van der Waals surface area (Å²) in [6.07, 6.45) is 2.04. The minimum atomic E-state index is -0.197. The van der Waals surface area contributed by atoms with Gasteiger partial charge >= 0.3 is 0 Å². The van der Waals surface area contributed by atoms with Crippen LogP contribution in [-0.4, -0.2) is 17.4 Å². The highest BCUT2D eigenvalue weighted by atomic mass is 32.1. The van der Waals surface area contributed by atoms with Gasteiger partial charge in [-0.3, -0.25) is 4.79 Å². The van der Waals surface area contributed by atoms with Crippen LogP contribution in [0.1, 0.15) is 26.9 Å². The van der Waals surface area contributed by atoms with Gasteiger partial charge in [-0.2, -0.15) is 0 Å². The molecule has 3 heterocycles. The van der Waals surface area contributed by atoms with Crippen LogP contribution in [0.25, 0.3) is 21.9 Å². The number of H-pyrrole nitrogens is 1. The standard InChI is InChI=1S/C23H18N2O2S/c26-23(21-12-15-6-1-4-9-20(15)27-21)25-14-18(22-10-5-11-28-22)17-13-24-19-8-3-2-7-16(17)19/h1-13,18,24H,14H2,(H,25,26)/t18-/m0/s1. The number of hydrogen-bond donors (Lipinski definition) is 2. The van der Waals surface area contributed by atoms with Crippen LogP contribution in [-0.2, 0) is 0 Å². The van der Waals surface area contributed by atoms with Crippen LogP contribution in [0.3, 0.4) is 0 Å². The van der Waals surface area contributed by atoms with Gasteiger partial charge in [-0.25, -0.2) is 0 Å². The number of benzene rings is 2. The van der Waals surface area contributed by atoms with Crippen molar-refractivity contribution in [2.24, 2.45) is 0 Å². The first kappa shape index (κ1) is 16.8. The molecule has 2 aromatic carbocycles. The number of furan rings is 1. The van der Waals surface area contributed by atoms with Crippen LogP contribution in [0.15, 0.2) is 82.7 Å². The van der Waals surface area contributed by atoms with Crippen molar-refractivity contribution in [1.29, 1.82) is 0 Å². The molecule has 0 bridgehead atoms. The highest BCUT2D eigenvalue weighted by Crippen LogP contribution is 2.33. The minimum absolute atomic E-state index is 0.0736. The first-order valence-corrected chi connectivity index (χ1v) is 10.0. The lowest BCUT2D eigenvalue weighted by atomic mass is 9.96. The third-order valence-corrected chi connectivity index (χ3v) is 5.99. The number of nitrogens with one attached hydrogen (secondary N) is 2. The molecule has 0 spiro atoms. The van der Waals surface area contributed by atoms with Gasteiger partial charge in [0.25, 0.3) is 5.91 Å². The highest BCUT2D eigenvalue weighted by Gasteiger charge is 2.21. The molecule has 3 aromatic heterocycles. The van der Waals surface area contributed by atoms with Crippen molar-refractivity contribution in [3.05, 3.63) is 94.5 Å². The van der Waals surface area contributed by atoms with Crippen molar-refractivity contribution in [3.8, 4) is 0 Å². The molecule has 0 aliphatic carbocycles. The molecule has 5 heteroatoms. The molecule has 1 amide bonds. The Morgan fingerprint density at radius 3 is 2.79 bits per heavy atom. The van der Waals surface area contributed by atoms with E-state index in [9.17, 15) is 4.79 Å². The van der Waals surface area contributed by atoms with Crippen molar-refractivity contribution in [3.63, 3.8) is 0 Å². The molecule has 28 heavy (non-hydrogen) atoms. The molecular weight excluding hydrogens is 368 g/mol. The Morgan fingerprint density at radius 2 is 1.93 bits per heavy atom. The fraction of sp³-hybridized carbons (Fsp3) is 0.0870. The van der Waals surface area contributed by atoms with E-state index in [1.807, 2.05) is 48.7 Å². The van der Waals surface area contributed by atoms with E-state index < -0.39 is 0 Å². The van der Waals surface area contributed by atoms with Crippen LogP contribution in [0.2, 0.25) is 0 Å². The first-order chi connectivity index (χ1) is 13.8. The van der Waals surface area contributed by atoms with Gasteiger partial charge in [0, 0.05) is 39.8 Å². The van der Waals surface area contributed by atoms with E-state index in [2.05, 4.69) is 33.9 Å². The Morgan fingerprint density at radius 1 is 1.07 bits per heavy atom. The van der Waals surface area contributed by atoms with Crippen LogP contribution < -0.4 is 5.32 Å². The summed E-state index contributed by atoms with van der Waals surface area (Å²) in [4.78, 5) is 17.3. The number of aromatic amines is 1. The van der Waals surface area contributed by atoms with Gasteiger partial charge < -0.3 is 14.7 Å². The molecule has 0 saturated carbocycles. The largest absolute Gasteiger partial charge is 0.451 e. The summed E-state index contributed by atoms with van der Waals surface area (Å²) in [6.45, 7) is 0.498. The Labute approximate surface area is 165 Å². The molecule has 0 saturated heterocycles.